The number of rotatable bonds is 3. The predicted octanol–water partition coefficient (Wildman–Crippen LogP) is 2.69. The Kier molecular flexibility index (Phi) is 3.37. The van der Waals surface area contributed by atoms with Crippen molar-refractivity contribution in [3.05, 3.63) is 41.6 Å². The first kappa shape index (κ1) is 13.3. The summed E-state index contributed by atoms with van der Waals surface area (Å²) >= 11 is 0. The standard InChI is InChI=1S/C12H12F3N3O/c1-19-10-9(17-18-11(10)16)8(12(13,14)15)7-5-3-2-4-6-7/h2-6,8H,1H3,(H3,16,17,18). The lowest BCUT2D eigenvalue weighted by Gasteiger charge is -2.19. The van der Waals surface area contributed by atoms with Gasteiger partial charge >= 0.3 is 6.18 Å². The minimum Gasteiger partial charge on any atom is -0.491 e. The van der Waals surface area contributed by atoms with Crippen molar-refractivity contribution in [3.63, 3.8) is 0 Å². The van der Waals surface area contributed by atoms with E-state index in [1.165, 1.54) is 31.4 Å². The van der Waals surface area contributed by atoms with Crippen molar-refractivity contribution in [2.24, 2.45) is 0 Å². The largest absolute Gasteiger partial charge is 0.491 e. The van der Waals surface area contributed by atoms with Crippen LogP contribution in [0.3, 0.4) is 0 Å². The van der Waals surface area contributed by atoms with E-state index in [9.17, 15) is 13.2 Å². The molecule has 0 bridgehead atoms. The Morgan fingerprint density at radius 2 is 1.89 bits per heavy atom. The van der Waals surface area contributed by atoms with Crippen LogP contribution in [-0.4, -0.2) is 23.5 Å². The minimum absolute atomic E-state index is 0.0253. The van der Waals surface area contributed by atoms with Gasteiger partial charge in [-0.15, -0.1) is 0 Å². The molecule has 0 saturated carbocycles. The first-order valence-corrected chi connectivity index (χ1v) is 5.44. The highest BCUT2D eigenvalue weighted by atomic mass is 19.4. The van der Waals surface area contributed by atoms with E-state index in [1.54, 1.807) is 6.07 Å². The van der Waals surface area contributed by atoms with Gasteiger partial charge in [0.05, 0.1) is 7.11 Å². The fourth-order valence-corrected chi connectivity index (χ4v) is 1.92. The molecule has 0 amide bonds. The van der Waals surface area contributed by atoms with E-state index in [1.807, 2.05) is 0 Å². The smallest absolute Gasteiger partial charge is 0.401 e. The van der Waals surface area contributed by atoms with Crippen LogP contribution in [-0.2, 0) is 0 Å². The molecule has 0 aliphatic heterocycles. The second kappa shape index (κ2) is 4.83. The van der Waals surface area contributed by atoms with Gasteiger partial charge in [-0.1, -0.05) is 30.3 Å². The maximum absolute atomic E-state index is 13.3. The average Bonchev–Trinajstić information content (AvgIpc) is 2.70. The van der Waals surface area contributed by atoms with Crippen molar-refractivity contribution < 1.29 is 17.9 Å². The Balaban J connectivity index is 2.56. The van der Waals surface area contributed by atoms with Gasteiger partial charge in [0.25, 0.3) is 0 Å². The van der Waals surface area contributed by atoms with Crippen molar-refractivity contribution in [1.82, 2.24) is 10.2 Å². The number of anilines is 1. The lowest BCUT2D eigenvalue weighted by Crippen LogP contribution is -2.23. The van der Waals surface area contributed by atoms with Gasteiger partial charge in [-0.2, -0.15) is 18.3 Å². The predicted molar refractivity (Wildman–Crippen MR) is 63.9 cm³/mol. The number of benzene rings is 1. The van der Waals surface area contributed by atoms with Crippen LogP contribution < -0.4 is 10.5 Å². The third-order valence-electron chi connectivity index (χ3n) is 2.71. The van der Waals surface area contributed by atoms with Crippen LogP contribution in [0.1, 0.15) is 17.2 Å². The van der Waals surface area contributed by atoms with Crippen LogP contribution in [0.15, 0.2) is 30.3 Å². The van der Waals surface area contributed by atoms with E-state index in [4.69, 9.17) is 10.5 Å². The fourth-order valence-electron chi connectivity index (χ4n) is 1.92. The zero-order valence-electron chi connectivity index (χ0n) is 10.0. The summed E-state index contributed by atoms with van der Waals surface area (Å²) in [5.74, 6) is -1.98. The molecule has 0 saturated heterocycles. The van der Waals surface area contributed by atoms with Gasteiger partial charge in [0.15, 0.2) is 11.6 Å². The summed E-state index contributed by atoms with van der Waals surface area (Å²) in [5.41, 5.74) is 5.32. The molecule has 1 aromatic carbocycles. The van der Waals surface area contributed by atoms with Crippen molar-refractivity contribution in [1.29, 1.82) is 0 Å². The van der Waals surface area contributed by atoms with Gasteiger partial charge in [0, 0.05) is 0 Å². The minimum atomic E-state index is -4.49. The molecule has 102 valence electrons. The van der Waals surface area contributed by atoms with E-state index in [-0.39, 0.29) is 22.8 Å². The van der Waals surface area contributed by atoms with Crippen molar-refractivity contribution in [2.75, 3.05) is 12.8 Å². The Hall–Kier alpha value is -2.18. The third-order valence-corrected chi connectivity index (χ3v) is 2.71. The molecule has 4 nitrogen and oxygen atoms in total. The molecular weight excluding hydrogens is 259 g/mol. The highest BCUT2D eigenvalue weighted by Crippen LogP contribution is 2.43. The summed E-state index contributed by atoms with van der Waals surface area (Å²) in [4.78, 5) is 0. The average molecular weight is 271 g/mol. The zero-order valence-corrected chi connectivity index (χ0v) is 10.0. The molecule has 1 unspecified atom stereocenters. The SMILES string of the molecule is COc1c(C(c2ccccc2)C(F)(F)F)n[nH]c1N. The Morgan fingerprint density at radius 1 is 1.26 bits per heavy atom. The molecule has 7 heteroatoms. The quantitative estimate of drug-likeness (QED) is 0.902. The van der Waals surface area contributed by atoms with E-state index in [0.29, 0.717) is 0 Å². The number of nitrogens with one attached hydrogen (secondary N) is 1. The van der Waals surface area contributed by atoms with E-state index < -0.39 is 12.1 Å². The molecule has 0 aliphatic carbocycles. The number of hydrogen-bond acceptors (Lipinski definition) is 3. The van der Waals surface area contributed by atoms with Gasteiger partial charge in [0.2, 0.25) is 0 Å². The second-order valence-corrected chi connectivity index (χ2v) is 3.94. The summed E-state index contributed by atoms with van der Waals surface area (Å²) in [5, 5.41) is 5.95. The topological polar surface area (TPSA) is 63.9 Å². The number of halogens is 3. The van der Waals surface area contributed by atoms with Crippen molar-refractivity contribution >= 4 is 5.82 Å². The van der Waals surface area contributed by atoms with Gasteiger partial charge in [-0.3, -0.25) is 5.10 Å². The number of ether oxygens (including phenoxy) is 1. The van der Waals surface area contributed by atoms with Gasteiger partial charge < -0.3 is 10.5 Å². The van der Waals surface area contributed by atoms with Gasteiger partial charge in [0.1, 0.15) is 11.6 Å². The fraction of sp³-hybridized carbons (Fsp3) is 0.250. The molecule has 3 N–H and O–H groups in total. The number of aromatic nitrogens is 2. The molecule has 2 rings (SSSR count). The third kappa shape index (κ3) is 2.49. The molecule has 19 heavy (non-hydrogen) atoms. The summed E-state index contributed by atoms with van der Waals surface area (Å²) < 4.78 is 44.7. The van der Waals surface area contributed by atoms with Crippen molar-refractivity contribution in [3.8, 4) is 5.75 Å². The van der Waals surface area contributed by atoms with E-state index >= 15 is 0 Å². The first-order chi connectivity index (χ1) is 8.95. The van der Waals surface area contributed by atoms with Crippen LogP contribution in [0, 0.1) is 0 Å². The molecule has 0 aliphatic rings. The van der Waals surface area contributed by atoms with Gasteiger partial charge in [-0.05, 0) is 5.56 Å². The molecule has 0 radical (unpaired) electrons. The first-order valence-electron chi connectivity index (χ1n) is 5.44. The number of alkyl halides is 3. The Bertz CT molecular complexity index is 551. The zero-order chi connectivity index (χ0) is 14.0. The highest BCUT2D eigenvalue weighted by molar-refractivity contribution is 5.52. The van der Waals surface area contributed by atoms with Crippen molar-refractivity contribution in [2.45, 2.75) is 12.1 Å². The van der Waals surface area contributed by atoms with Crippen LogP contribution in [0.5, 0.6) is 5.75 Å². The maximum Gasteiger partial charge on any atom is 0.401 e. The molecule has 1 aromatic heterocycles. The number of nitrogens with zero attached hydrogens (tertiary/aromatic N) is 1. The Morgan fingerprint density at radius 3 is 2.42 bits per heavy atom. The molecule has 1 heterocycles. The van der Waals surface area contributed by atoms with Crippen LogP contribution in [0.25, 0.3) is 0 Å². The lowest BCUT2D eigenvalue weighted by atomic mass is 9.94. The normalized spacial score (nSPS) is 13.3. The van der Waals surface area contributed by atoms with Crippen LogP contribution in [0.2, 0.25) is 0 Å². The lowest BCUT2D eigenvalue weighted by molar-refractivity contribution is -0.142. The molecule has 1 atom stereocenters. The summed E-state index contributed by atoms with van der Waals surface area (Å²) in [6, 6.07) is 7.51. The number of nitrogen functional groups attached to an aromatic ring is 1. The number of hydrogen-bond donors (Lipinski definition) is 2. The number of methoxy groups -OCH3 is 1. The second-order valence-electron chi connectivity index (χ2n) is 3.94. The molecule has 0 fully saturated rings. The number of H-pyrrole nitrogens is 1. The number of aromatic amines is 1. The monoisotopic (exact) mass is 271 g/mol. The summed E-state index contributed by atoms with van der Waals surface area (Å²) in [7, 11) is 1.25. The molecular formula is C12H12F3N3O. The summed E-state index contributed by atoms with van der Waals surface area (Å²) in [6.45, 7) is 0. The van der Waals surface area contributed by atoms with E-state index in [0.717, 1.165) is 0 Å². The Labute approximate surface area is 107 Å². The van der Waals surface area contributed by atoms with Crippen LogP contribution >= 0.6 is 0 Å². The molecule has 2 aromatic rings. The summed E-state index contributed by atoms with van der Waals surface area (Å²) in [6.07, 6.45) is -4.49. The highest BCUT2D eigenvalue weighted by Gasteiger charge is 2.45. The molecule has 0 spiro atoms. The van der Waals surface area contributed by atoms with Crippen LogP contribution in [0.4, 0.5) is 19.0 Å². The van der Waals surface area contributed by atoms with Gasteiger partial charge in [-0.25, -0.2) is 0 Å². The maximum atomic E-state index is 13.3. The van der Waals surface area contributed by atoms with E-state index in [2.05, 4.69) is 10.2 Å². The number of nitrogens with two attached hydrogens (primary N) is 1.